The van der Waals surface area contributed by atoms with Gasteiger partial charge >= 0.3 is 6.18 Å². The maximum absolute atomic E-state index is 13.1. The van der Waals surface area contributed by atoms with E-state index in [0.29, 0.717) is 6.42 Å². The molecular formula is C15H17F3N2O2. The first kappa shape index (κ1) is 16.5. The zero-order valence-electron chi connectivity index (χ0n) is 12.1. The van der Waals surface area contributed by atoms with Crippen molar-refractivity contribution in [1.82, 2.24) is 5.01 Å². The molecule has 0 saturated carbocycles. The Morgan fingerprint density at radius 1 is 1.36 bits per heavy atom. The first-order valence-corrected chi connectivity index (χ1v) is 7.00. The second-order valence-corrected chi connectivity index (χ2v) is 5.20. The Morgan fingerprint density at radius 3 is 2.55 bits per heavy atom. The van der Waals surface area contributed by atoms with E-state index in [1.165, 1.54) is 0 Å². The van der Waals surface area contributed by atoms with Crippen LogP contribution in [0.4, 0.5) is 13.2 Å². The summed E-state index contributed by atoms with van der Waals surface area (Å²) in [6, 6.07) is 8.96. The Kier molecular flexibility index (Phi) is 4.55. The second-order valence-electron chi connectivity index (χ2n) is 5.20. The van der Waals surface area contributed by atoms with Crippen LogP contribution in [0.5, 0.6) is 0 Å². The molecule has 2 rings (SSSR count). The summed E-state index contributed by atoms with van der Waals surface area (Å²) in [6.45, 7) is 1.63. The van der Waals surface area contributed by atoms with Gasteiger partial charge in [-0.3, -0.25) is 4.79 Å². The lowest BCUT2D eigenvalue weighted by Crippen LogP contribution is -2.56. The maximum Gasteiger partial charge on any atom is 0.438 e. The van der Waals surface area contributed by atoms with Crippen molar-refractivity contribution in [3.8, 4) is 0 Å². The summed E-state index contributed by atoms with van der Waals surface area (Å²) in [5.74, 6) is -0.841. The Labute approximate surface area is 126 Å². The summed E-state index contributed by atoms with van der Waals surface area (Å²) in [5, 5.41) is 13.8. The number of alkyl halides is 3. The van der Waals surface area contributed by atoms with Gasteiger partial charge in [0, 0.05) is 18.6 Å². The van der Waals surface area contributed by atoms with Crippen LogP contribution in [0.2, 0.25) is 0 Å². The number of aliphatic hydroxyl groups is 1. The highest BCUT2D eigenvalue weighted by molar-refractivity contribution is 5.90. The Hall–Kier alpha value is -1.89. The van der Waals surface area contributed by atoms with Crippen LogP contribution in [-0.2, 0) is 11.2 Å². The molecular weight excluding hydrogens is 297 g/mol. The number of hydrogen-bond acceptors (Lipinski definition) is 3. The predicted molar refractivity (Wildman–Crippen MR) is 75.0 cm³/mol. The fraction of sp³-hybridized carbons (Fsp3) is 0.467. The molecule has 1 heterocycles. The zero-order valence-corrected chi connectivity index (χ0v) is 12.1. The van der Waals surface area contributed by atoms with Crippen molar-refractivity contribution < 1.29 is 23.1 Å². The molecule has 120 valence electrons. The summed E-state index contributed by atoms with van der Waals surface area (Å²) >= 11 is 0. The third kappa shape index (κ3) is 3.14. The van der Waals surface area contributed by atoms with Gasteiger partial charge in [-0.15, -0.1) is 0 Å². The molecule has 0 unspecified atom stereocenters. The van der Waals surface area contributed by atoms with Gasteiger partial charge in [0.1, 0.15) is 0 Å². The standard InChI is InChI=1S/C15H17F3N2O2/c1-2-12-10-14(22,15(16,17)18)20(19-12)13(21)9-8-11-6-4-3-5-7-11/h3-7,22H,2,8-10H2,1H3/t14-/m0/s1. The number of aryl methyl sites for hydroxylation is 1. The fourth-order valence-corrected chi connectivity index (χ4v) is 2.30. The average Bonchev–Trinajstić information content (AvgIpc) is 2.84. The third-order valence-electron chi connectivity index (χ3n) is 3.61. The molecule has 1 aromatic rings. The number of rotatable bonds is 4. The Balaban J connectivity index is 2.13. The number of halogens is 3. The highest BCUT2D eigenvalue weighted by Gasteiger charge is 2.62. The van der Waals surface area contributed by atoms with Crippen molar-refractivity contribution >= 4 is 11.6 Å². The number of hydrogen-bond donors (Lipinski definition) is 1. The van der Waals surface area contributed by atoms with Crippen LogP contribution in [0.1, 0.15) is 31.7 Å². The predicted octanol–water partition coefficient (Wildman–Crippen LogP) is 2.87. The second kappa shape index (κ2) is 6.08. The lowest BCUT2D eigenvalue weighted by atomic mass is 10.0. The molecule has 0 aliphatic carbocycles. The molecule has 0 saturated heterocycles. The number of nitrogens with zero attached hydrogens (tertiary/aromatic N) is 2. The summed E-state index contributed by atoms with van der Waals surface area (Å²) in [7, 11) is 0. The van der Waals surface area contributed by atoms with Gasteiger partial charge < -0.3 is 5.11 Å². The molecule has 0 bridgehead atoms. The summed E-state index contributed by atoms with van der Waals surface area (Å²) in [5.41, 5.74) is -2.23. The van der Waals surface area contributed by atoms with E-state index in [-0.39, 0.29) is 23.6 Å². The van der Waals surface area contributed by atoms with Crippen molar-refractivity contribution in [3.05, 3.63) is 35.9 Å². The Morgan fingerprint density at radius 2 is 2.00 bits per heavy atom. The third-order valence-corrected chi connectivity index (χ3v) is 3.61. The van der Waals surface area contributed by atoms with E-state index in [4.69, 9.17) is 0 Å². The number of carbonyl (C=O) groups excluding carboxylic acids is 1. The molecule has 1 atom stereocenters. The molecule has 0 aromatic heterocycles. The van der Waals surface area contributed by atoms with Crippen LogP contribution in [0, 0.1) is 0 Å². The molecule has 22 heavy (non-hydrogen) atoms. The monoisotopic (exact) mass is 314 g/mol. The van der Waals surface area contributed by atoms with Gasteiger partial charge in [0.15, 0.2) is 0 Å². The molecule has 0 fully saturated rings. The quantitative estimate of drug-likeness (QED) is 0.929. The van der Waals surface area contributed by atoms with Crippen LogP contribution >= 0.6 is 0 Å². The van der Waals surface area contributed by atoms with E-state index >= 15 is 0 Å². The normalized spacial score (nSPS) is 21.9. The van der Waals surface area contributed by atoms with Crippen LogP contribution < -0.4 is 0 Å². The molecule has 1 amide bonds. The van der Waals surface area contributed by atoms with E-state index in [0.717, 1.165) is 5.56 Å². The van der Waals surface area contributed by atoms with Gasteiger partial charge in [0.05, 0.1) is 0 Å². The SMILES string of the molecule is CCC1=NN(C(=O)CCc2ccccc2)[C@@](O)(C(F)(F)F)C1. The van der Waals surface area contributed by atoms with Crippen LogP contribution in [-0.4, -0.2) is 33.6 Å². The smallest absolute Gasteiger partial charge is 0.362 e. The van der Waals surface area contributed by atoms with E-state index in [9.17, 15) is 23.1 Å². The van der Waals surface area contributed by atoms with Crippen molar-refractivity contribution in [1.29, 1.82) is 0 Å². The average molecular weight is 314 g/mol. The van der Waals surface area contributed by atoms with Gasteiger partial charge in [-0.25, -0.2) is 0 Å². The van der Waals surface area contributed by atoms with Crippen LogP contribution in [0.3, 0.4) is 0 Å². The van der Waals surface area contributed by atoms with Gasteiger partial charge in [-0.05, 0) is 18.4 Å². The molecule has 1 aliphatic rings. The van der Waals surface area contributed by atoms with E-state index in [1.54, 1.807) is 31.2 Å². The fourth-order valence-electron chi connectivity index (χ4n) is 2.30. The maximum atomic E-state index is 13.1. The Bertz CT molecular complexity index is 572. The van der Waals surface area contributed by atoms with Gasteiger partial charge in [0.25, 0.3) is 5.72 Å². The van der Waals surface area contributed by atoms with Crippen molar-refractivity contribution in [2.45, 2.75) is 44.5 Å². The van der Waals surface area contributed by atoms with Crippen molar-refractivity contribution in [2.75, 3.05) is 0 Å². The lowest BCUT2D eigenvalue weighted by molar-refractivity contribution is -0.302. The zero-order chi connectivity index (χ0) is 16.4. The largest absolute Gasteiger partial charge is 0.438 e. The molecule has 7 heteroatoms. The molecule has 0 spiro atoms. The molecule has 4 nitrogen and oxygen atoms in total. The van der Waals surface area contributed by atoms with E-state index < -0.39 is 24.2 Å². The number of hydrazone groups is 1. The molecule has 0 radical (unpaired) electrons. The summed E-state index contributed by atoms with van der Waals surface area (Å²) in [4.78, 5) is 12.1. The minimum Gasteiger partial charge on any atom is -0.362 e. The molecule has 1 aliphatic heterocycles. The molecule has 1 aromatic carbocycles. The van der Waals surface area contributed by atoms with Gasteiger partial charge in [0.2, 0.25) is 5.91 Å². The van der Waals surface area contributed by atoms with Crippen LogP contribution in [0.15, 0.2) is 35.4 Å². The minimum absolute atomic E-state index is 0.150. The highest BCUT2D eigenvalue weighted by Crippen LogP contribution is 2.41. The summed E-state index contributed by atoms with van der Waals surface area (Å²) in [6.07, 6.45) is -5.25. The van der Waals surface area contributed by atoms with Gasteiger partial charge in [-0.2, -0.15) is 23.3 Å². The number of carbonyl (C=O) groups is 1. The number of benzene rings is 1. The van der Waals surface area contributed by atoms with Crippen molar-refractivity contribution in [2.24, 2.45) is 5.10 Å². The van der Waals surface area contributed by atoms with E-state index in [2.05, 4.69) is 5.10 Å². The van der Waals surface area contributed by atoms with Crippen molar-refractivity contribution in [3.63, 3.8) is 0 Å². The van der Waals surface area contributed by atoms with E-state index in [1.807, 2.05) is 6.07 Å². The minimum atomic E-state index is -4.95. The van der Waals surface area contributed by atoms with Crippen LogP contribution in [0.25, 0.3) is 0 Å². The highest BCUT2D eigenvalue weighted by atomic mass is 19.4. The topological polar surface area (TPSA) is 52.9 Å². The lowest BCUT2D eigenvalue weighted by Gasteiger charge is -2.32. The summed E-state index contributed by atoms with van der Waals surface area (Å²) < 4.78 is 39.3. The number of amides is 1. The first-order chi connectivity index (χ1) is 10.3. The van der Waals surface area contributed by atoms with Gasteiger partial charge in [-0.1, -0.05) is 37.3 Å². The first-order valence-electron chi connectivity index (χ1n) is 7.00. The molecule has 1 N–H and O–H groups in total.